The van der Waals surface area contributed by atoms with Gasteiger partial charge in [0.05, 0.1) is 6.10 Å². The van der Waals surface area contributed by atoms with Crippen LogP contribution in [0, 0.1) is 11.6 Å². The summed E-state index contributed by atoms with van der Waals surface area (Å²) in [4.78, 5) is 0. The van der Waals surface area contributed by atoms with E-state index in [9.17, 15) is 22.7 Å². The Morgan fingerprint density at radius 1 is 1.29 bits per heavy atom. The van der Waals surface area contributed by atoms with Gasteiger partial charge >= 0.3 is 0 Å². The van der Waals surface area contributed by atoms with E-state index >= 15 is 0 Å². The second-order valence-corrected chi connectivity index (χ2v) is 4.08. The van der Waals surface area contributed by atoms with Crippen LogP contribution in [0.2, 0.25) is 0 Å². The zero-order valence-electron chi connectivity index (χ0n) is 8.72. The van der Waals surface area contributed by atoms with E-state index in [1.807, 2.05) is 0 Å². The van der Waals surface area contributed by atoms with Crippen molar-refractivity contribution in [2.45, 2.75) is 18.1 Å². The largest absolute Gasteiger partial charge is 0.478 e. The molecular weight excluding hydrogens is 240 g/mol. The van der Waals surface area contributed by atoms with E-state index < -0.39 is 42.4 Å². The van der Waals surface area contributed by atoms with Crippen LogP contribution in [0.3, 0.4) is 0 Å². The van der Waals surface area contributed by atoms with Gasteiger partial charge in [-0.3, -0.25) is 0 Å². The average molecular weight is 250 g/mol. The lowest BCUT2D eigenvalue weighted by Gasteiger charge is -2.37. The molecule has 94 valence electrons. The van der Waals surface area contributed by atoms with Gasteiger partial charge in [0.1, 0.15) is 19.2 Å². The first kappa shape index (κ1) is 12.2. The summed E-state index contributed by atoms with van der Waals surface area (Å²) in [6, 6.07) is 1.43. The zero-order chi connectivity index (χ0) is 12.6. The summed E-state index contributed by atoms with van der Waals surface area (Å²) in [7, 11) is 0. The van der Waals surface area contributed by atoms with E-state index in [2.05, 4.69) is 0 Å². The third-order valence-corrected chi connectivity index (χ3v) is 2.77. The minimum Gasteiger partial charge on any atom is -0.478 e. The Morgan fingerprint density at radius 2 is 1.94 bits per heavy atom. The van der Waals surface area contributed by atoms with Gasteiger partial charge in [-0.15, -0.1) is 0 Å². The second-order valence-electron chi connectivity index (χ2n) is 4.08. The number of aliphatic hydroxyl groups excluding tert-OH is 1. The van der Waals surface area contributed by atoms with Crippen LogP contribution < -0.4 is 4.74 Å². The van der Waals surface area contributed by atoms with Crippen LogP contribution in [0.15, 0.2) is 12.1 Å². The van der Waals surface area contributed by atoms with E-state index in [1.165, 1.54) is 0 Å². The van der Waals surface area contributed by atoms with Crippen molar-refractivity contribution in [2.75, 3.05) is 13.3 Å². The molecule has 2 rings (SSSR count). The predicted molar refractivity (Wildman–Crippen MR) is 51.2 cm³/mol. The third-order valence-electron chi connectivity index (χ3n) is 2.77. The van der Waals surface area contributed by atoms with Crippen LogP contribution in [0.4, 0.5) is 17.6 Å². The molecule has 1 aliphatic heterocycles. The fourth-order valence-electron chi connectivity index (χ4n) is 1.86. The molecule has 6 heteroatoms. The van der Waals surface area contributed by atoms with Gasteiger partial charge in [-0.1, -0.05) is 0 Å². The molecule has 1 heterocycles. The summed E-state index contributed by atoms with van der Waals surface area (Å²) in [6.45, 7) is -2.40. The summed E-state index contributed by atoms with van der Waals surface area (Å²) >= 11 is 0. The van der Waals surface area contributed by atoms with Gasteiger partial charge in [0.2, 0.25) is 0 Å². The van der Waals surface area contributed by atoms with Gasteiger partial charge in [-0.05, 0) is 6.07 Å². The summed E-state index contributed by atoms with van der Waals surface area (Å²) in [5.74, 6) is -2.44. The minimum atomic E-state index is -1.88. The number of fused-ring (bicyclic) bond motifs is 1. The Balaban J connectivity index is 2.49. The summed E-state index contributed by atoms with van der Waals surface area (Å²) in [5, 5.41) is 9.66. The molecule has 1 aromatic carbocycles. The van der Waals surface area contributed by atoms with Crippen molar-refractivity contribution >= 4 is 0 Å². The van der Waals surface area contributed by atoms with Gasteiger partial charge in [0.25, 0.3) is 0 Å². The maximum absolute atomic E-state index is 13.4. The van der Waals surface area contributed by atoms with Crippen LogP contribution in [-0.2, 0) is 0 Å². The van der Waals surface area contributed by atoms with Crippen LogP contribution in [0.25, 0.3) is 0 Å². The molecule has 1 aliphatic rings. The monoisotopic (exact) mass is 250 g/mol. The van der Waals surface area contributed by atoms with E-state index in [4.69, 9.17) is 4.74 Å². The number of ether oxygens (including phenoxy) is 1. The smallest absolute Gasteiger partial charge is 0.168 e. The molecule has 0 amide bonds. The van der Waals surface area contributed by atoms with E-state index in [0.717, 1.165) is 6.07 Å². The van der Waals surface area contributed by atoms with E-state index in [-0.39, 0.29) is 12.0 Å². The Morgan fingerprint density at radius 3 is 2.53 bits per heavy atom. The second kappa shape index (κ2) is 4.18. The number of hydrogen-bond donors (Lipinski definition) is 1. The number of aliphatic hydroxyl groups is 1. The SMILES string of the molecule is O[C@H]1CC(CF)(CF)Oc2c(F)cc(F)cc21. The van der Waals surface area contributed by atoms with Crippen molar-refractivity contribution in [1.29, 1.82) is 0 Å². The molecule has 1 atom stereocenters. The molecule has 17 heavy (non-hydrogen) atoms. The first-order chi connectivity index (χ1) is 8.01. The maximum Gasteiger partial charge on any atom is 0.168 e. The fraction of sp³-hybridized carbons (Fsp3) is 0.455. The molecular formula is C11H10F4O2. The van der Waals surface area contributed by atoms with Gasteiger partial charge in [-0.2, -0.15) is 0 Å². The molecule has 1 aromatic rings. The third kappa shape index (κ3) is 1.97. The number of alkyl halides is 2. The quantitative estimate of drug-likeness (QED) is 0.817. The molecule has 0 saturated carbocycles. The lowest BCUT2D eigenvalue weighted by atomic mass is 9.90. The van der Waals surface area contributed by atoms with E-state index in [0.29, 0.717) is 6.07 Å². The lowest BCUT2D eigenvalue weighted by Crippen LogP contribution is -2.45. The highest BCUT2D eigenvalue weighted by Gasteiger charge is 2.42. The van der Waals surface area contributed by atoms with Gasteiger partial charge < -0.3 is 9.84 Å². The number of benzene rings is 1. The Kier molecular flexibility index (Phi) is 2.99. The van der Waals surface area contributed by atoms with E-state index in [1.54, 1.807) is 0 Å². The highest BCUT2D eigenvalue weighted by Crippen LogP contribution is 2.42. The van der Waals surface area contributed by atoms with Gasteiger partial charge in [0, 0.05) is 18.1 Å². The molecule has 0 aromatic heterocycles. The van der Waals surface area contributed by atoms with Crippen LogP contribution in [0.1, 0.15) is 18.1 Å². The Hall–Kier alpha value is -1.30. The number of hydrogen-bond acceptors (Lipinski definition) is 2. The Bertz CT molecular complexity index is 432. The average Bonchev–Trinajstić information content (AvgIpc) is 2.30. The minimum absolute atomic E-state index is 0.125. The topological polar surface area (TPSA) is 29.5 Å². The number of rotatable bonds is 2. The molecule has 0 aliphatic carbocycles. The number of halogens is 4. The van der Waals surface area contributed by atoms with Crippen LogP contribution >= 0.6 is 0 Å². The van der Waals surface area contributed by atoms with Crippen molar-refractivity contribution in [3.8, 4) is 5.75 Å². The van der Waals surface area contributed by atoms with Crippen LogP contribution in [0.5, 0.6) is 5.75 Å². The molecule has 0 saturated heterocycles. The predicted octanol–water partition coefficient (Wildman–Crippen LogP) is 2.46. The van der Waals surface area contributed by atoms with Gasteiger partial charge in [-0.25, -0.2) is 17.6 Å². The molecule has 0 unspecified atom stereocenters. The standard InChI is InChI=1S/C11H10F4O2/c12-4-11(5-13)3-9(16)7-1-6(14)2-8(15)10(7)17-11/h1-2,9,16H,3-5H2/t9-/m0/s1. The first-order valence-corrected chi connectivity index (χ1v) is 4.99. The fourth-order valence-corrected chi connectivity index (χ4v) is 1.86. The van der Waals surface area contributed by atoms with Crippen molar-refractivity contribution < 1.29 is 27.4 Å². The van der Waals surface area contributed by atoms with Crippen molar-refractivity contribution in [2.24, 2.45) is 0 Å². The first-order valence-electron chi connectivity index (χ1n) is 4.99. The molecule has 1 N–H and O–H groups in total. The Labute approximate surface area is 94.8 Å². The summed E-state index contributed by atoms with van der Waals surface area (Å²) in [5.41, 5.74) is -2.01. The normalized spacial score (nSPS) is 21.8. The lowest BCUT2D eigenvalue weighted by molar-refractivity contribution is -0.0472. The highest BCUT2D eigenvalue weighted by atomic mass is 19.1. The van der Waals surface area contributed by atoms with Crippen molar-refractivity contribution in [1.82, 2.24) is 0 Å². The zero-order valence-corrected chi connectivity index (χ0v) is 8.72. The van der Waals surface area contributed by atoms with Crippen LogP contribution in [-0.4, -0.2) is 24.1 Å². The molecule has 2 nitrogen and oxygen atoms in total. The molecule has 0 fully saturated rings. The van der Waals surface area contributed by atoms with Crippen molar-refractivity contribution in [3.63, 3.8) is 0 Å². The summed E-state index contributed by atoms with van der Waals surface area (Å²) in [6.07, 6.45) is -1.73. The van der Waals surface area contributed by atoms with Gasteiger partial charge in [0.15, 0.2) is 17.2 Å². The molecule has 0 bridgehead atoms. The molecule has 0 spiro atoms. The maximum atomic E-state index is 13.4. The molecule has 0 radical (unpaired) electrons. The van der Waals surface area contributed by atoms with Crippen molar-refractivity contribution in [3.05, 3.63) is 29.3 Å². The summed E-state index contributed by atoms with van der Waals surface area (Å²) < 4.78 is 56.7. The highest BCUT2D eigenvalue weighted by molar-refractivity contribution is 5.40.